The zero-order valence-corrected chi connectivity index (χ0v) is 65.5. The minimum absolute atomic E-state index is 0.266. The Balaban J connectivity index is 0.000000608. The summed E-state index contributed by atoms with van der Waals surface area (Å²) in [6.07, 6.45) is 8.40. The highest BCUT2D eigenvalue weighted by molar-refractivity contribution is 6.66. The van der Waals surface area contributed by atoms with E-state index < -0.39 is 34.7 Å². The van der Waals surface area contributed by atoms with E-state index in [2.05, 4.69) is 40.8 Å². The largest absolute Gasteiger partial charge is 0.503 e. The minimum Gasteiger partial charge on any atom is -0.398 e. The second-order valence-corrected chi connectivity index (χ2v) is 38.7. The average Bonchev–Trinajstić information content (AvgIpc) is 1.17. The first-order chi connectivity index (χ1) is 43.6. The molecule has 546 valence electrons. The van der Waals surface area contributed by atoms with Crippen LogP contribution >= 0.6 is 0 Å². The van der Waals surface area contributed by atoms with Gasteiger partial charge in [0.2, 0.25) is 0 Å². The van der Waals surface area contributed by atoms with Crippen LogP contribution in [0.25, 0.3) is 0 Å². The van der Waals surface area contributed by atoms with Crippen molar-refractivity contribution in [1.29, 1.82) is 0 Å². The molecule has 4 aliphatic heterocycles. The third-order valence-corrected chi connectivity index (χ3v) is 30.3. The highest BCUT2D eigenvalue weighted by Crippen LogP contribution is 2.42. The summed E-state index contributed by atoms with van der Waals surface area (Å²) in [7, 11) is 6.18. The monoisotopic (exact) mass is 1380 g/mol. The second-order valence-electron chi connectivity index (χ2n) is 25.9. The number of hydrogen-bond acceptors (Lipinski definition) is 22. The first kappa shape index (κ1) is 89.0. The van der Waals surface area contributed by atoms with Crippen molar-refractivity contribution in [2.24, 2.45) is 45.3 Å². The van der Waals surface area contributed by atoms with Gasteiger partial charge in [0.05, 0.1) is 66.1 Å². The van der Waals surface area contributed by atoms with Gasteiger partial charge in [-0.15, -0.1) is 0 Å². The van der Waals surface area contributed by atoms with Gasteiger partial charge in [-0.25, -0.2) is 0 Å². The molecular formula is C65H138O22Si4. The van der Waals surface area contributed by atoms with E-state index in [-0.39, 0.29) is 10.8 Å². The quantitative estimate of drug-likeness (QED) is 0.0410. The van der Waals surface area contributed by atoms with Crippen LogP contribution in [0, 0.1) is 45.3 Å². The summed E-state index contributed by atoms with van der Waals surface area (Å²) >= 11 is 0. The van der Waals surface area contributed by atoms with E-state index in [1.54, 1.807) is 64.0 Å². The Labute approximate surface area is 558 Å². The van der Waals surface area contributed by atoms with Crippen molar-refractivity contribution in [1.82, 2.24) is 0 Å². The normalized spacial score (nSPS) is 18.7. The van der Waals surface area contributed by atoms with Gasteiger partial charge in [-0.05, 0) is 123 Å². The van der Waals surface area contributed by atoms with Crippen molar-refractivity contribution >= 4 is 34.7 Å². The van der Waals surface area contributed by atoms with Crippen LogP contribution in [0.1, 0.15) is 114 Å². The van der Waals surface area contributed by atoms with Crippen LogP contribution in [0.15, 0.2) is 0 Å². The Morgan fingerprint density at radius 1 is 0.286 bits per heavy atom. The number of rotatable bonds is 55. The van der Waals surface area contributed by atoms with Gasteiger partial charge in [0.15, 0.2) is 0 Å². The van der Waals surface area contributed by atoms with Gasteiger partial charge in [-0.2, -0.15) is 0 Å². The fourth-order valence-electron chi connectivity index (χ4n) is 11.9. The predicted molar refractivity (Wildman–Crippen MR) is 365 cm³/mol. The molecule has 0 saturated carbocycles. The summed E-state index contributed by atoms with van der Waals surface area (Å²) in [5.41, 5.74) is 1.13. The fourth-order valence-corrected chi connectivity index (χ4v) is 19.0. The SMILES string of the molecule is CCO[Si](C)(CCOCCC(CCOC)C1(C)COC1)OCC.CCO[Si](CCOCCC(CCOC)C1(C)COC1)(OCC)OCC.COCCC(CCOCC[Si](C)(OC)OC)C1(C)COC1.COCCC(CCOCC[Si](OC)(OC)OC)C1(C)COC1. The van der Waals surface area contributed by atoms with Crippen molar-refractivity contribution in [3.8, 4) is 0 Å². The molecule has 22 nitrogen and oxygen atoms in total. The highest BCUT2D eigenvalue weighted by atomic mass is 28.4. The van der Waals surface area contributed by atoms with Gasteiger partial charge in [0, 0.05) is 209 Å². The molecule has 0 N–H and O–H groups in total. The Bertz CT molecular complexity index is 1660. The van der Waals surface area contributed by atoms with Gasteiger partial charge < -0.3 is 101 Å². The summed E-state index contributed by atoms with van der Waals surface area (Å²) in [5.74, 6) is 2.32. The Hall–Kier alpha value is -0.0125. The van der Waals surface area contributed by atoms with Crippen molar-refractivity contribution in [3.05, 3.63) is 0 Å². The molecule has 0 aromatic heterocycles. The molecule has 26 heteroatoms. The lowest BCUT2D eigenvalue weighted by Gasteiger charge is -2.44. The summed E-state index contributed by atoms with van der Waals surface area (Å²) in [5, 5.41) is 0. The third-order valence-electron chi connectivity index (χ3n) is 18.8. The zero-order valence-electron chi connectivity index (χ0n) is 61.5. The van der Waals surface area contributed by atoms with Crippen molar-refractivity contribution in [3.63, 3.8) is 0 Å². The molecule has 4 rings (SSSR count). The zero-order chi connectivity index (χ0) is 68.0. The van der Waals surface area contributed by atoms with E-state index in [4.69, 9.17) is 101 Å². The molecular weight excluding hydrogens is 1250 g/mol. The Morgan fingerprint density at radius 2 is 0.516 bits per heavy atom. The molecule has 0 amide bonds. The molecule has 0 aliphatic carbocycles. The van der Waals surface area contributed by atoms with Crippen LogP contribution < -0.4 is 0 Å². The molecule has 0 aromatic rings. The van der Waals surface area contributed by atoms with Gasteiger partial charge in [-0.1, -0.05) is 27.7 Å². The van der Waals surface area contributed by atoms with E-state index in [1.807, 2.05) is 34.6 Å². The number of hydrogen-bond donors (Lipinski definition) is 0. The lowest BCUT2D eigenvalue weighted by molar-refractivity contribution is -0.142. The second kappa shape index (κ2) is 50.3. The van der Waals surface area contributed by atoms with Gasteiger partial charge in [0.1, 0.15) is 0 Å². The van der Waals surface area contributed by atoms with Gasteiger partial charge >= 0.3 is 34.7 Å². The topological polar surface area (TPSA) is 203 Å². The van der Waals surface area contributed by atoms with E-state index in [1.165, 1.54) is 0 Å². The van der Waals surface area contributed by atoms with Crippen molar-refractivity contribution in [2.45, 2.75) is 151 Å². The molecule has 4 aliphatic rings. The predicted octanol–water partition coefficient (Wildman–Crippen LogP) is 10.8. The van der Waals surface area contributed by atoms with E-state index in [0.29, 0.717) is 106 Å². The molecule has 0 spiro atoms. The van der Waals surface area contributed by atoms with Gasteiger partial charge in [-0.3, -0.25) is 0 Å². The summed E-state index contributed by atoms with van der Waals surface area (Å²) in [6.45, 7) is 42.2. The maximum atomic E-state index is 5.92. The van der Waals surface area contributed by atoms with E-state index >= 15 is 0 Å². The highest BCUT2D eigenvalue weighted by Gasteiger charge is 2.45. The average molecular weight is 1380 g/mol. The standard InChI is InChI=1S/C18H38O6Si.C17H36O5Si.C15H32O6Si.C15H32O5Si/c1-6-22-25(23-7-2,24-8-3)14-13-20-12-10-17(9-11-19-5)18(4)15-21-16-18;1-6-21-23(5,22-7-2)13-12-19-11-9-16(8-10-18-4)17(3)14-20-15-17;1-15(12-21-13-15)14(6-8-16-2)7-9-20-10-11-22(17-3,18-4)19-5;1-15(12-20-13-15)14(6-8-16-2)7-9-19-10-11-21(5,17-3)18-4/h17H,6-16H2,1-5H3;16H,6-15H2,1-5H3;14H,6-13H2,1-5H3;14H,6-13H2,1-5H3. The summed E-state index contributed by atoms with van der Waals surface area (Å²) in [4.78, 5) is 0. The van der Waals surface area contributed by atoms with Crippen molar-refractivity contribution in [2.75, 3.05) is 229 Å². The van der Waals surface area contributed by atoms with Crippen LogP contribution in [0.5, 0.6) is 0 Å². The Morgan fingerprint density at radius 3 is 0.725 bits per heavy atom. The van der Waals surface area contributed by atoms with E-state index in [9.17, 15) is 0 Å². The molecule has 4 saturated heterocycles. The molecule has 4 fully saturated rings. The third kappa shape index (κ3) is 34.1. The minimum atomic E-state index is -2.59. The lowest BCUT2D eigenvalue weighted by Crippen LogP contribution is -2.47. The maximum absolute atomic E-state index is 5.92. The summed E-state index contributed by atoms with van der Waals surface area (Å²) in [6, 6.07) is 3.12. The van der Waals surface area contributed by atoms with Gasteiger partial charge in [0.25, 0.3) is 0 Å². The molecule has 0 radical (unpaired) electrons. The van der Waals surface area contributed by atoms with Crippen LogP contribution in [0.3, 0.4) is 0 Å². The molecule has 4 heterocycles. The van der Waals surface area contributed by atoms with Crippen LogP contribution in [0.4, 0.5) is 0 Å². The Kier molecular flexibility index (Phi) is 49.2. The van der Waals surface area contributed by atoms with Crippen LogP contribution in [-0.2, 0) is 101 Å². The smallest absolute Gasteiger partial charge is 0.398 e. The number of ether oxygens (including phenoxy) is 12. The number of methoxy groups -OCH3 is 4. The van der Waals surface area contributed by atoms with Crippen LogP contribution in [-0.4, -0.2) is 264 Å². The molecule has 0 bridgehead atoms. The molecule has 91 heavy (non-hydrogen) atoms. The van der Waals surface area contributed by atoms with E-state index in [0.717, 1.165) is 169 Å². The van der Waals surface area contributed by atoms with Crippen LogP contribution in [0.2, 0.25) is 37.3 Å². The molecule has 4 atom stereocenters. The molecule has 4 unspecified atom stereocenters. The maximum Gasteiger partial charge on any atom is 0.503 e. The summed E-state index contributed by atoms with van der Waals surface area (Å²) < 4.78 is 122. The van der Waals surface area contributed by atoms with Crippen molar-refractivity contribution < 1.29 is 101 Å². The fraction of sp³-hybridized carbons (Fsp3) is 1.00. The first-order valence-corrected chi connectivity index (χ1v) is 43.0. The lowest BCUT2D eigenvalue weighted by atomic mass is 9.72. The molecule has 0 aromatic carbocycles. The first-order valence-electron chi connectivity index (χ1n) is 34.1.